The van der Waals surface area contributed by atoms with Crippen molar-refractivity contribution in [1.29, 1.82) is 0 Å². The van der Waals surface area contributed by atoms with Gasteiger partial charge >= 0.3 is 5.97 Å². The molecule has 0 saturated heterocycles. The van der Waals surface area contributed by atoms with Crippen LogP contribution in [0.25, 0.3) is 0 Å². The number of rotatable bonds is 62. The van der Waals surface area contributed by atoms with Gasteiger partial charge in [0.05, 0.1) is 6.04 Å². The zero-order valence-electron chi connectivity index (χ0n) is 75.9. The molecule has 0 radical (unpaired) electrons. The van der Waals surface area contributed by atoms with Gasteiger partial charge in [0.2, 0.25) is 76.8 Å². The van der Waals surface area contributed by atoms with Crippen LogP contribution in [-0.4, -0.2) is 260 Å². The Kier molecular flexibility index (Phi) is 54.2. The lowest BCUT2D eigenvalue weighted by Gasteiger charge is -2.31. The maximum Gasteiger partial charge on any atom is 0.326 e. The highest BCUT2D eigenvalue weighted by Crippen LogP contribution is 2.17. The second-order valence-electron chi connectivity index (χ2n) is 33.1. The molecule has 0 aliphatic carbocycles. The number of nitrogens with two attached hydrogens (primary N) is 15. The molecule has 50 nitrogen and oxygen atoms in total. The van der Waals surface area contributed by atoms with E-state index in [1.165, 1.54) is 0 Å². The molecule has 0 saturated carbocycles. The number of carboxylic acids is 1. The second-order valence-corrected chi connectivity index (χ2v) is 33.1. The molecule has 0 aromatic carbocycles. The molecular formula is C77H149N35O15. The Morgan fingerprint density at radius 3 is 0.496 bits per heavy atom. The minimum atomic E-state index is -1.52. The second kappa shape index (κ2) is 60.1. The topological polar surface area (TPSA) is 892 Å². The van der Waals surface area contributed by atoms with Crippen molar-refractivity contribution >= 4 is 124 Å². The van der Waals surface area contributed by atoms with Crippen molar-refractivity contribution in [3.8, 4) is 0 Å². The molecule has 0 aliphatic rings. The van der Waals surface area contributed by atoms with Gasteiger partial charge in [-0.1, -0.05) is 96.9 Å². The van der Waals surface area contributed by atoms with Crippen LogP contribution in [0.1, 0.15) is 187 Å². The van der Waals surface area contributed by atoms with Crippen molar-refractivity contribution in [1.82, 2.24) is 69.1 Å². The summed E-state index contributed by atoms with van der Waals surface area (Å²) in [5.41, 5.74) is 83.9. The number of aliphatic imine (C=N–C) groups is 7. The van der Waals surface area contributed by atoms with E-state index in [0.717, 1.165) is 0 Å². The van der Waals surface area contributed by atoms with E-state index in [0.29, 0.717) is 0 Å². The lowest BCUT2D eigenvalue weighted by atomic mass is 9.97. The first kappa shape index (κ1) is 114. The molecule has 13 amide bonds. The Hall–Kier alpha value is -12.6. The summed E-state index contributed by atoms with van der Waals surface area (Å²) in [5, 5.41) is 44.6. The zero-order chi connectivity index (χ0) is 97.2. The van der Waals surface area contributed by atoms with E-state index in [9.17, 15) is 72.2 Å². The van der Waals surface area contributed by atoms with E-state index >= 15 is 0 Å². The lowest BCUT2D eigenvalue weighted by molar-refractivity contribution is -0.142. The first-order chi connectivity index (χ1) is 59.2. The van der Waals surface area contributed by atoms with Gasteiger partial charge in [0.15, 0.2) is 41.7 Å². The van der Waals surface area contributed by atoms with Gasteiger partial charge in [-0.05, 0) is 131 Å². The van der Waals surface area contributed by atoms with Gasteiger partial charge in [0, 0.05) is 45.8 Å². The zero-order valence-corrected chi connectivity index (χ0v) is 75.9. The number of nitrogens with zero attached hydrogens (tertiary/aromatic N) is 7. The molecule has 0 heterocycles. The molecule has 0 fully saturated rings. The molecule has 0 aliphatic heterocycles. The van der Waals surface area contributed by atoms with Gasteiger partial charge in [-0.2, -0.15) is 0 Å². The molecule has 0 aromatic heterocycles. The Morgan fingerprint density at radius 2 is 0.339 bits per heavy atom. The number of carboxylic acid groups (broad SMARTS) is 1. The average Bonchev–Trinajstić information content (AvgIpc) is 0.845. The van der Waals surface area contributed by atoms with Gasteiger partial charge in [-0.15, -0.1) is 0 Å². The lowest BCUT2D eigenvalue weighted by Crippen LogP contribution is -2.62. The molecule has 0 spiro atoms. The van der Waals surface area contributed by atoms with Crippen molar-refractivity contribution in [2.24, 2.45) is 162 Å². The van der Waals surface area contributed by atoms with Crippen molar-refractivity contribution in [2.45, 2.75) is 271 Å². The summed E-state index contributed by atoms with van der Waals surface area (Å²) in [4.78, 5) is 228. The summed E-state index contributed by atoms with van der Waals surface area (Å²) in [7, 11) is 0. The summed E-state index contributed by atoms with van der Waals surface area (Å²) in [5.74, 6) is -19.0. The highest BCUT2D eigenvalue weighted by Gasteiger charge is 2.41. The number of hydrogen-bond acceptors (Lipinski definition) is 22. The molecule has 0 bridgehead atoms. The number of aliphatic carboxylic acids is 1. The predicted octanol–water partition coefficient (Wildman–Crippen LogP) is -9.33. The van der Waals surface area contributed by atoms with Crippen LogP contribution in [0.3, 0.4) is 0 Å². The minimum absolute atomic E-state index is 0.00575. The first-order valence-electron chi connectivity index (χ1n) is 42.6. The van der Waals surface area contributed by atoms with Gasteiger partial charge < -0.3 is 160 Å². The monoisotopic (exact) mass is 1800 g/mol. The number of carbonyl (C=O) groups excluding carboxylic acids is 13. The number of nitrogens with one attached hydrogen (secondary N) is 13. The molecule has 44 N–H and O–H groups in total. The summed E-state index contributed by atoms with van der Waals surface area (Å²) in [6.07, 6.45) is -0.0644. The Morgan fingerprint density at radius 1 is 0.205 bits per heavy atom. The van der Waals surface area contributed by atoms with Crippen LogP contribution in [0.15, 0.2) is 34.9 Å². The number of guanidine groups is 7. The number of carbonyl (C=O) groups is 14. The first-order valence-corrected chi connectivity index (χ1v) is 42.6. The van der Waals surface area contributed by atoms with Crippen LogP contribution < -0.4 is 155 Å². The Balaban J connectivity index is 7.50. The highest BCUT2D eigenvalue weighted by molar-refractivity contribution is 6.01. The molecular weight excluding hydrogens is 1660 g/mol. The van der Waals surface area contributed by atoms with Crippen LogP contribution >= 0.6 is 0 Å². The smallest absolute Gasteiger partial charge is 0.326 e. The van der Waals surface area contributed by atoms with E-state index in [1.54, 1.807) is 96.9 Å². The molecule has 14 atom stereocenters. The van der Waals surface area contributed by atoms with Gasteiger partial charge in [-0.25, -0.2) is 4.79 Å². The molecule has 50 heteroatoms. The molecule has 127 heavy (non-hydrogen) atoms. The van der Waals surface area contributed by atoms with Crippen LogP contribution in [0, 0.1) is 41.4 Å². The summed E-state index contributed by atoms with van der Waals surface area (Å²) < 4.78 is 0. The van der Waals surface area contributed by atoms with Gasteiger partial charge in [0.1, 0.15) is 78.5 Å². The van der Waals surface area contributed by atoms with Crippen LogP contribution in [-0.2, 0) is 67.1 Å². The van der Waals surface area contributed by atoms with Crippen molar-refractivity contribution < 1.29 is 72.2 Å². The molecule has 722 valence electrons. The van der Waals surface area contributed by atoms with Crippen molar-refractivity contribution in [3.63, 3.8) is 0 Å². The predicted molar refractivity (Wildman–Crippen MR) is 484 cm³/mol. The van der Waals surface area contributed by atoms with Crippen LogP contribution in [0.4, 0.5) is 0 Å². The number of amides is 13. The fourth-order valence-corrected chi connectivity index (χ4v) is 12.3. The largest absolute Gasteiger partial charge is 0.480 e. The van der Waals surface area contributed by atoms with Crippen LogP contribution in [0.5, 0.6) is 0 Å². The van der Waals surface area contributed by atoms with Crippen LogP contribution in [0.2, 0.25) is 0 Å². The third-order valence-corrected chi connectivity index (χ3v) is 19.5. The average molecular weight is 1810 g/mol. The summed E-state index contributed by atoms with van der Waals surface area (Å²) in [6, 6.07) is -19.5. The van der Waals surface area contributed by atoms with E-state index < -0.39 is 203 Å². The van der Waals surface area contributed by atoms with Gasteiger partial charge in [0.25, 0.3) is 0 Å². The highest BCUT2D eigenvalue weighted by atomic mass is 16.4. The minimum Gasteiger partial charge on any atom is -0.480 e. The van der Waals surface area contributed by atoms with E-state index in [2.05, 4.69) is 104 Å². The third kappa shape index (κ3) is 47.4. The molecule has 0 rings (SSSR count). The van der Waals surface area contributed by atoms with E-state index in [-0.39, 0.29) is 183 Å². The Bertz CT molecular complexity index is 3770. The quantitative estimate of drug-likeness (QED) is 0.0153. The SMILES string of the molecule is CC(C)[C@H](N)C(=O)N[C@@H](CCCN=C(N)N)C(=O)N[C@@H](CCCN=C(N)N)C(=O)N[C@H](C(=O)N[C@H](C(=O)N[C@@H](CCCN=C(N)N)C(=O)N[C@H](C(=O)N[C@H](C(=O)N[C@@H](CCCN=C(N)N)C(=O)N[C@@H](CCCN=C(N)N)C(=O)N[C@H](C(=O)N[C@H](C(=O)N[C@@H](CCCN=C(N)N)C(=O)N[C@@H](CCCN=C(N)N)C(=O)O)C(C)C)C(C)C)C(C)C)C(C)C)C(C)C)C(C)C. The molecule has 0 aromatic rings. The van der Waals surface area contributed by atoms with E-state index in [1.807, 2.05) is 0 Å². The summed E-state index contributed by atoms with van der Waals surface area (Å²) >= 11 is 0. The fraction of sp³-hybridized carbons (Fsp3) is 0.727. The number of hydrogen-bond donors (Lipinski definition) is 29. The maximum atomic E-state index is 14.8. The molecule has 0 unspecified atom stereocenters. The standard InChI is InChI=1S/C77H149N35O15/c1-36(2)50(78)63(119)102-43(22-15-29-93-71(79)80)57(113)100-46(25-18-32-96-74(85)86)60(116)107-55(41(11)12)68(124)112-53(39(7)8)66(122)105-48(27-20-34-98-76(89)90)62(118)109-56(42(13)14)69(125)110-51(37(3)4)64(120)103-44(23-16-30-94-72(81)82)58(114)101-47(26-19-33-97-75(87)88)61(117)108-54(40(9)10)67(123)111-52(38(5)6)65(121)104-45(24-17-31-95-73(83)84)59(115)106-49(70(126)127)28-21-35-99-77(91)92/h36-56H,15-35,78H2,1-14H3,(H,100,113)(H,101,114)(H,102,119)(H,103,120)(H,104,121)(H,105,122)(H,106,115)(H,107,116)(H,108,117)(H,109,118)(H,110,125)(H,111,123)(H,112,124)(H,126,127)(H4,79,80,93)(H4,81,82,94)(H4,83,84,95)(H4,85,86,96)(H4,87,88,97)(H4,89,90,98)(H4,91,92,99)/t43-,44-,45-,46-,47-,48-,49-,50-,51-,52-,53-,54-,55-,56-/m0/s1. The normalized spacial score (nSPS) is 14.5. The van der Waals surface area contributed by atoms with E-state index in [4.69, 9.17) is 86.0 Å². The Labute approximate surface area is 742 Å². The third-order valence-electron chi connectivity index (χ3n) is 19.5. The fourth-order valence-electron chi connectivity index (χ4n) is 12.3. The van der Waals surface area contributed by atoms with Crippen molar-refractivity contribution in [2.75, 3.05) is 45.8 Å². The summed E-state index contributed by atoms with van der Waals surface area (Å²) in [6.45, 7) is 22.6. The van der Waals surface area contributed by atoms with Gasteiger partial charge in [-0.3, -0.25) is 97.3 Å². The maximum absolute atomic E-state index is 14.8. The van der Waals surface area contributed by atoms with Crippen molar-refractivity contribution in [3.05, 3.63) is 0 Å².